The van der Waals surface area contributed by atoms with Crippen molar-refractivity contribution in [3.05, 3.63) is 58.6 Å². The molecule has 2 aromatic rings. The third-order valence-electron chi connectivity index (χ3n) is 2.19. The molecular formula is C12H10N4O2. The van der Waals surface area contributed by atoms with Crippen molar-refractivity contribution in [2.24, 2.45) is 10.2 Å². The molecule has 0 aliphatic carbocycles. The molecule has 0 heterocycles. The highest BCUT2D eigenvalue weighted by molar-refractivity contribution is 5.51. The summed E-state index contributed by atoms with van der Waals surface area (Å²) in [5.74, 6) is 0. The first-order valence-corrected chi connectivity index (χ1v) is 5.17. The molecule has 0 aliphatic heterocycles. The second-order valence-electron chi connectivity index (χ2n) is 3.57. The van der Waals surface area contributed by atoms with E-state index in [9.17, 15) is 10.1 Å². The van der Waals surface area contributed by atoms with Crippen molar-refractivity contribution in [3.8, 4) is 0 Å². The van der Waals surface area contributed by atoms with Crippen LogP contribution >= 0.6 is 0 Å². The van der Waals surface area contributed by atoms with Gasteiger partial charge in [-0.3, -0.25) is 10.1 Å². The van der Waals surface area contributed by atoms with Gasteiger partial charge in [0, 0.05) is 17.8 Å². The number of nitrogens with two attached hydrogens (primary N) is 1. The fraction of sp³-hybridized carbons (Fsp3) is 0. The Kier molecular flexibility index (Phi) is 3.29. The van der Waals surface area contributed by atoms with Gasteiger partial charge in [0.25, 0.3) is 5.69 Å². The molecule has 2 aromatic carbocycles. The lowest BCUT2D eigenvalue weighted by atomic mass is 10.3. The number of hydrogen-bond acceptors (Lipinski definition) is 5. The predicted molar refractivity (Wildman–Crippen MR) is 68.1 cm³/mol. The third-order valence-corrected chi connectivity index (χ3v) is 2.19. The van der Waals surface area contributed by atoms with Crippen LogP contribution in [0.1, 0.15) is 0 Å². The van der Waals surface area contributed by atoms with Gasteiger partial charge in [0.1, 0.15) is 0 Å². The molecule has 0 amide bonds. The van der Waals surface area contributed by atoms with E-state index in [0.29, 0.717) is 17.1 Å². The average molecular weight is 242 g/mol. The molecule has 6 heteroatoms. The van der Waals surface area contributed by atoms with E-state index in [1.165, 1.54) is 12.1 Å². The molecule has 6 nitrogen and oxygen atoms in total. The van der Waals surface area contributed by atoms with E-state index in [1.54, 1.807) is 36.4 Å². The number of anilines is 1. The van der Waals surface area contributed by atoms with Gasteiger partial charge in [-0.15, -0.1) is 0 Å². The summed E-state index contributed by atoms with van der Waals surface area (Å²) in [6, 6.07) is 12.9. The summed E-state index contributed by atoms with van der Waals surface area (Å²) < 4.78 is 0. The number of nitro benzene ring substituents is 1. The lowest BCUT2D eigenvalue weighted by molar-refractivity contribution is -0.384. The Balaban J connectivity index is 2.23. The smallest absolute Gasteiger partial charge is 0.271 e. The van der Waals surface area contributed by atoms with Gasteiger partial charge in [-0.2, -0.15) is 10.2 Å². The lowest BCUT2D eigenvalue weighted by Gasteiger charge is -1.95. The van der Waals surface area contributed by atoms with Crippen molar-refractivity contribution in [2.45, 2.75) is 0 Å². The number of nitro groups is 1. The van der Waals surface area contributed by atoms with Crippen molar-refractivity contribution in [3.63, 3.8) is 0 Å². The minimum absolute atomic E-state index is 0.0148. The minimum Gasteiger partial charge on any atom is -0.399 e. The van der Waals surface area contributed by atoms with Crippen molar-refractivity contribution in [1.82, 2.24) is 0 Å². The van der Waals surface area contributed by atoms with E-state index in [2.05, 4.69) is 10.2 Å². The van der Waals surface area contributed by atoms with Gasteiger partial charge in [-0.05, 0) is 24.3 Å². The van der Waals surface area contributed by atoms with E-state index in [-0.39, 0.29) is 5.69 Å². The van der Waals surface area contributed by atoms with Crippen LogP contribution in [0.3, 0.4) is 0 Å². The highest BCUT2D eigenvalue weighted by Gasteiger charge is 2.04. The first-order chi connectivity index (χ1) is 8.65. The molecule has 0 aromatic heterocycles. The van der Waals surface area contributed by atoms with Crippen molar-refractivity contribution in [2.75, 3.05) is 5.73 Å². The zero-order valence-electron chi connectivity index (χ0n) is 9.35. The van der Waals surface area contributed by atoms with Crippen LogP contribution in [0.5, 0.6) is 0 Å². The Morgan fingerprint density at radius 1 is 1.00 bits per heavy atom. The van der Waals surface area contributed by atoms with Gasteiger partial charge in [0.2, 0.25) is 0 Å². The lowest BCUT2D eigenvalue weighted by Crippen LogP contribution is -1.85. The Morgan fingerprint density at radius 3 is 2.22 bits per heavy atom. The predicted octanol–water partition coefficient (Wildman–Crippen LogP) is 3.59. The van der Waals surface area contributed by atoms with E-state index in [0.717, 1.165) is 0 Å². The third kappa shape index (κ3) is 2.88. The Bertz CT molecular complexity index is 611. The van der Waals surface area contributed by atoms with Gasteiger partial charge in [0.15, 0.2) is 0 Å². The Labute approximate surface area is 103 Å². The highest BCUT2D eigenvalue weighted by atomic mass is 16.6. The summed E-state index contributed by atoms with van der Waals surface area (Å²) in [4.78, 5) is 10.1. The van der Waals surface area contributed by atoms with Gasteiger partial charge in [0.05, 0.1) is 16.3 Å². The summed E-state index contributed by atoms with van der Waals surface area (Å²) in [6.45, 7) is 0. The molecule has 0 radical (unpaired) electrons. The van der Waals surface area contributed by atoms with E-state index in [1.807, 2.05) is 0 Å². The van der Waals surface area contributed by atoms with Gasteiger partial charge < -0.3 is 5.73 Å². The molecule has 0 unspecified atom stereocenters. The molecule has 0 bridgehead atoms. The number of azo groups is 1. The standard InChI is InChI=1S/C12H10N4O2/c13-9-3-1-4-10(7-9)14-15-11-5-2-6-12(8-11)16(17)18/h1-8H,13H2. The Hall–Kier alpha value is -2.76. The molecule has 0 spiro atoms. The molecule has 0 saturated carbocycles. The summed E-state index contributed by atoms with van der Waals surface area (Å²) in [7, 11) is 0. The quantitative estimate of drug-likeness (QED) is 0.385. The number of hydrogen-bond donors (Lipinski definition) is 1. The highest BCUT2D eigenvalue weighted by Crippen LogP contribution is 2.23. The topological polar surface area (TPSA) is 93.9 Å². The molecule has 2 N–H and O–H groups in total. The minimum atomic E-state index is -0.473. The number of non-ortho nitro benzene ring substituents is 1. The van der Waals surface area contributed by atoms with Crippen LogP contribution in [0, 0.1) is 10.1 Å². The van der Waals surface area contributed by atoms with Crippen LogP contribution in [0.4, 0.5) is 22.7 Å². The van der Waals surface area contributed by atoms with Crippen LogP contribution in [0.2, 0.25) is 0 Å². The van der Waals surface area contributed by atoms with Crippen LogP contribution in [0.15, 0.2) is 58.8 Å². The van der Waals surface area contributed by atoms with Crippen LogP contribution in [0.25, 0.3) is 0 Å². The normalized spacial score (nSPS) is 10.7. The SMILES string of the molecule is Nc1cccc(N=Nc2cccc([N+](=O)[O-])c2)c1. The molecule has 18 heavy (non-hydrogen) atoms. The fourth-order valence-electron chi connectivity index (χ4n) is 1.37. The molecular weight excluding hydrogens is 232 g/mol. The molecule has 0 atom stereocenters. The average Bonchev–Trinajstić information content (AvgIpc) is 2.37. The molecule has 2 rings (SSSR count). The number of nitrogens with zero attached hydrogens (tertiary/aromatic N) is 3. The summed E-state index contributed by atoms with van der Waals surface area (Å²) in [6.07, 6.45) is 0. The number of benzene rings is 2. The fourth-order valence-corrected chi connectivity index (χ4v) is 1.37. The van der Waals surface area contributed by atoms with Gasteiger partial charge in [-0.1, -0.05) is 12.1 Å². The molecule has 90 valence electrons. The summed E-state index contributed by atoms with van der Waals surface area (Å²) >= 11 is 0. The van der Waals surface area contributed by atoms with Crippen LogP contribution in [-0.4, -0.2) is 4.92 Å². The van der Waals surface area contributed by atoms with E-state index < -0.39 is 4.92 Å². The number of rotatable bonds is 3. The summed E-state index contributed by atoms with van der Waals surface area (Å²) in [5.41, 5.74) is 7.20. The molecule has 0 saturated heterocycles. The van der Waals surface area contributed by atoms with Crippen LogP contribution < -0.4 is 5.73 Å². The maximum absolute atomic E-state index is 10.6. The van der Waals surface area contributed by atoms with Crippen molar-refractivity contribution < 1.29 is 4.92 Å². The molecule has 0 aliphatic rings. The monoisotopic (exact) mass is 242 g/mol. The summed E-state index contributed by atoms with van der Waals surface area (Å²) in [5, 5.41) is 18.5. The zero-order chi connectivity index (χ0) is 13.0. The second kappa shape index (κ2) is 5.05. The second-order valence-corrected chi connectivity index (χ2v) is 3.57. The first kappa shape index (κ1) is 11.7. The largest absolute Gasteiger partial charge is 0.399 e. The maximum atomic E-state index is 10.6. The zero-order valence-corrected chi connectivity index (χ0v) is 9.35. The van der Waals surface area contributed by atoms with Crippen molar-refractivity contribution >= 4 is 22.7 Å². The van der Waals surface area contributed by atoms with E-state index in [4.69, 9.17) is 5.73 Å². The maximum Gasteiger partial charge on any atom is 0.271 e. The molecule has 0 fully saturated rings. The van der Waals surface area contributed by atoms with Crippen LogP contribution in [-0.2, 0) is 0 Å². The van der Waals surface area contributed by atoms with E-state index >= 15 is 0 Å². The Morgan fingerprint density at radius 2 is 1.61 bits per heavy atom. The first-order valence-electron chi connectivity index (χ1n) is 5.17. The van der Waals surface area contributed by atoms with Gasteiger partial charge >= 0.3 is 0 Å². The number of nitrogen functional groups attached to an aromatic ring is 1. The van der Waals surface area contributed by atoms with Crippen molar-refractivity contribution in [1.29, 1.82) is 0 Å². The van der Waals surface area contributed by atoms with Gasteiger partial charge in [-0.25, -0.2) is 0 Å².